The van der Waals surface area contributed by atoms with Crippen molar-refractivity contribution >= 4 is 0 Å². The molecule has 0 amide bonds. The number of hydrogen-bond donors (Lipinski definition) is 1. The van der Waals surface area contributed by atoms with Gasteiger partial charge in [0.2, 0.25) is 0 Å². The van der Waals surface area contributed by atoms with Crippen LogP contribution in [0.2, 0.25) is 0 Å². The molecule has 2 aromatic rings. The summed E-state index contributed by atoms with van der Waals surface area (Å²) >= 11 is 0. The molecule has 1 aliphatic rings. The zero-order valence-corrected chi connectivity index (χ0v) is 20.9. The van der Waals surface area contributed by atoms with Crippen LogP contribution in [0.1, 0.15) is 95.6 Å². The Hall–Kier alpha value is -1.87. The summed E-state index contributed by atoms with van der Waals surface area (Å²) in [5, 5.41) is 11.7. The van der Waals surface area contributed by atoms with Gasteiger partial charge in [-0.05, 0) is 76.0 Å². The Bertz CT molecular complexity index is 827. The summed E-state index contributed by atoms with van der Waals surface area (Å²) in [5.41, 5.74) is 1.09. The summed E-state index contributed by atoms with van der Waals surface area (Å²) in [4.78, 5) is 0. The largest absolute Gasteiger partial charge is 0.485 e. The lowest BCUT2D eigenvalue weighted by atomic mass is 9.72. The van der Waals surface area contributed by atoms with Crippen LogP contribution in [0, 0.1) is 18.7 Å². The number of unbranched alkanes of at least 4 members (excludes halogenated alkanes) is 2. The fourth-order valence-corrected chi connectivity index (χ4v) is 5.43. The minimum atomic E-state index is -0.591. The predicted octanol–water partition coefficient (Wildman–Crippen LogP) is 8.19. The van der Waals surface area contributed by atoms with E-state index in [2.05, 4.69) is 24.3 Å². The second-order valence-corrected chi connectivity index (χ2v) is 10.8. The van der Waals surface area contributed by atoms with Crippen LogP contribution in [-0.4, -0.2) is 16.3 Å². The summed E-state index contributed by atoms with van der Waals surface area (Å²) in [7, 11) is 0. The summed E-state index contributed by atoms with van der Waals surface area (Å²) in [6.45, 7) is 5.98. The number of benzene rings is 2. The number of aryl methyl sites for hydroxylation is 1. The number of ether oxygens (including phenoxy) is 1. The normalized spacial score (nSPS) is 21.9. The van der Waals surface area contributed by atoms with E-state index >= 15 is 0 Å². The second-order valence-electron chi connectivity index (χ2n) is 10.8. The molecule has 0 saturated heterocycles. The first-order valence-corrected chi connectivity index (χ1v) is 13.0. The van der Waals surface area contributed by atoms with Crippen molar-refractivity contribution in [3.8, 4) is 5.75 Å². The second kappa shape index (κ2) is 12.0. The Morgan fingerprint density at radius 3 is 2.48 bits per heavy atom. The maximum Gasteiger partial charge on any atom is 0.165 e. The molecule has 33 heavy (non-hydrogen) atoms. The highest BCUT2D eigenvalue weighted by molar-refractivity contribution is 5.34. The fraction of sp³-hybridized carbons (Fsp3) is 0.600. The van der Waals surface area contributed by atoms with E-state index in [1.807, 2.05) is 32.9 Å². The molecule has 1 saturated carbocycles. The third-order valence-corrected chi connectivity index (χ3v) is 7.40. The van der Waals surface area contributed by atoms with Crippen LogP contribution >= 0.6 is 0 Å². The minimum Gasteiger partial charge on any atom is -0.485 e. The van der Waals surface area contributed by atoms with E-state index < -0.39 is 11.2 Å². The monoisotopic (exact) mass is 454 g/mol. The van der Waals surface area contributed by atoms with Crippen LogP contribution in [0.5, 0.6) is 5.75 Å². The predicted molar refractivity (Wildman–Crippen MR) is 135 cm³/mol. The summed E-state index contributed by atoms with van der Waals surface area (Å²) < 4.78 is 20.2. The molecule has 2 atom stereocenters. The van der Waals surface area contributed by atoms with Crippen LogP contribution in [0.4, 0.5) is 4.39 Å². The van der Waals surface area contributed by atoms with Crippen molar-refractivity contribution in [3.05, 3.63) is 65.5 Å². The molecule has 0 aromatic heterocycles. The molecule has 3 heteroatoms. The van der Waals surface area contributed by atoms with Crippen molar-refractivity contribution < 1.29 is 14.2 Å². The average Bonchev–Trinajstić information content (AvgIpc) is 2.76. The zero-order valence-electron chi connectivity index (χ0n) is 20.9. The molecule has 0 bridgehead atoms. The number of halogens is 1. The van der Waals surface area contributed by atoms with Crippen molar-refractivity contribution in [3.63, 3.8) is 0 Å². The first-order valence-electron chi connectivity index (χ1n) is 13.0. The standard InChI is InChI=1S/C30H43FO2/c1-24-15-14-20-27(31)28(24)33-29(2,3)21-12-7-11-19-26-18-10-4-5-13-22-30(26,32)23-25-16-8-6-9-17-25/h6,8-9,14-17,20,26,32H,4-5,7,10-13,18-19,21-23H2,1-3H3. The van der Waals surface area contributed by atoms with Gasteiger partial charge in [-0.3, -0.25) is 0 Å². The number of para-hydroxylation sites is 1. The van der Waals surface area contributed by atoms with E-state index in [9.17, 15) is 9.50 Å². The number of hydrogen-bond acceptors (Lipinski definition) is 2. The van der Waals surface area contributed by atoms with Gasteiger partial charge >= 0.3 is 0 Å². The van der Waals surface area contributed by atoms with Crippen LogP contribution in [0.3, 0.4) is 0 Å². The first-order chi connectivity index (χ1) is 15.8. The van der Waals surface area contributed by atoms with E-state index in [-0.39, 0.29) is 5.82 Å². The Labute approximate surface area is 200 Å². The fourth-order valence-electron chi connectivity index (χ4n) is 5.43. The van der Waals surface area contributed by atoms with E-state index in [0.717, 1.165) is 63.4 Å². The topological polar surface area (TPSA) is 29.5 Å². The van der Waals surface area contributed by atoms with Gasteiger partial charge in [-0.2, -0.15) is 0 Å². The molecule has 0 aliphatic heterocycles. The molecule has 2 unspecified atom stereocenters. The van der Waals surface area contributed by atoms with Crippen molar-refractivity contribution in [1.82, 2.24) is 0 Å². The highest BCUT2D eigenvalue weighted by atomic mass is 19.1. The highest BCUT2D eigenvalue weighted by Crippen LogP contribution is 2.38. The third kappa shape index (κ3) is 7.84. The maximum atomic E-state index is 14.2. The van der Waals surface area contributed by atoms with E-state index in [1.54, 1.807) is 6.07 Å². The first kappa shape index (κ1) is 25.7. The molecule has 2 nitrogen and oxygen atoms in total. The Morgan fingerprint density at radius 1 is 0.970 bits per heavy atom. The van der Waals surface area contributed by atoms with Gasteiger partial charge in [0, 0.05) is 6.42 Å². The van der Waals surface area contributed by atoms with Crippen LogP contribution in [0.25, 0.3) is 0 Å². The number of rotatable bonds is 10. The van der Waals surface area contributed by atoms with Crippen molar-refractivity contribution in [2.45, 2.75) is 109 Å². The van der Waals surface area contributed by atoms with Gasteiger partial charge in [-0.15, -0.1) is 0 Å². The molecular weight excluding hydrogens is 411 g/mol. The van der Waals surface area contributed by atoms with Crippen LogP contribution in [0.15, 0.2) is 48.5 Å². The zero-order chi connectivity index (χ0) is 23.7. The van der Waals surface area contributed by atoms with Gasteiger partial charge in [-0.25, -0.2) is 4.39 Å². The molecule has 2 aromatic carbocycles. The highest BCUT2D eigenvalue weighted by Gasteiger charge is 2.36. The Balaban J connectivity index is 1.50. The van der Waals surface area contributed by atoms with Crippen molar-refractivity contribution in [2.75, 3.05) is 0 Å². The van der Waals surface area contributed by atoms with E-state index in [4.69, 9.17) is 4.74 Å². The summed E-state index contributed by atoms with van der Waals surface area (Å²) in [6, 6.07) is 15.6. The van der Waals surface area contributed by atoms with Crippen LogP contribution in [-0.2, 0) is 6.42 Å². The molecular formula is C30H43FO2. The van der Waals surface area contributed by atoms with Crippen LogP contribution < -0.4 is 4.74 Å². The molecule has 1 aliphatic carbocycles. The van der Waals surface area contributed by atoms with Gasteiger partial charge in [0.25, 0.3) is 0 Å². The van der Waals surface area contributed by atoms with Gasteiger partial charge in [0.05, 0.1) is 5.60 Å². The van der Waals surface area contributed by atoms with E-state index in [1.165, 1.54) is 30.9 Å². The van der Waals surface area contributed by atoms with E-state index in [0.29, 0.717) is 11.7 Å². The summed E-state index contributed by atoms with van der Waals surface area (Å²) in [5.74, 6) is 0.455. The molecule has 0 radical (unpaired) electrons. The molecule has 1 fully saturated rings. The molecule has 1 N–H and O–H groups in total. The Morgan fingerprint density at radius 2 is 1.73 bits per heavy atom. The van der Waals surface area contributed by atoms with Gasteiger partial charge in [0.1, 0.15) is 5.60 Å². The Kier molecular flexibility index (Phi) is 9.37. The van der Waals surface area contributed by atoms with Crippen molar-refractivity contribution in [1.29, 1.82) is 0 Å². The SMILES string of the molecule is Cc1cccc(F)c1OC(C)(C)CCCCCC1CCCCCCC1(O)Cc1ccccc1. The van der Waals surface area contributed by atoms with Gasteiger partial charge < -0.3 is 9.84 Å². The lowest BCUT2D eigenvalue weighted by Crippen LogP contribution is -2.41. The van der Waals surface area contributed by atoms with Gasteiger partial charge in [0.15, 0.2) is 11.6 Å². The maximum absolute atomic E-state index is 14.2. The molecule has 0 spiro atoms. The average molecular weight is 455 g/mol. The third-order valence-electron chi connectivity index (χ3n) is 7.40. The molecule has 3 rings (SSSR count). The molecule has 182 valence electrons. The number of aliphatic hydroxyl groups is 1. The quantitative estimate of drug-likeness (QED) is 0.367. The van der Waals surface area contributed by atoms with Gasteiger partial charge in [-0.1, -0.05) is 81.0 Å². The summed E-state index contributed by atoms with van der Waals surface area (Å²) in [6.07, 6.45) is 12.9. The minimum absolute atomic E-state index is 0.287. The molecule has 0 heterocycles. The lowest BCUT2D eigenvalue weighted by Gasteiger charge is -2.38. The smallest absolute Gasteiger partial charge is 0.165 e. The lowest BCUT2D eigenvalue weighted by molar-refractivity contribution is -0.0403. The van der Waals surface area contributed by atoms with Crippen molar-refractivity contribution in [2.24, 2.45) is 5.92 Å².